The summed E-state index contributed by atoms with van der Waals surface area (Å²) in [5.74, 6) is -0.660. The van der Waals surface area contributed by atoms with E-state index in [9.17, 15) is 9.59 Å². The number of hydrogen-bond donors (Lipinski definition) is 1. The number of carbonyl (C=O) groups is 2. The van der Waals surface area contributed by atoms with Gasteiger partial charge in [-0.25, -0.2) is 4.98 Å². The number of hydrogen-bond acceptors (Lipinski definition) is 4. The largest absolute Gasteiger partial charge is 0.366 e. The van der Waals surface area contributed by atoms with Gasteiger partial charge in [-0.2, -0.15) is 0 Å². The van der Waals surface area contributed by atoms with Gasteiger partial charge in [0.25, 0.3) is 0 Å². The normalized spacial score (nSPS) is 11.0. The Morgan fingerprint density at radius 3 is 2.66 bits per heavy atom. The Hall–Kier alpha value is -2.54. The van der Waals surface area contributed by atoms with E-state index in [1.54, 1.807) is 35.7 Å². The third-order valence-corrected chi connectivity index (χ3v) is 6.17. The first-order valence-corrected chi connectivity index (χ1v) is 10.7. The van der Waals surface area contributed by atoms with Crippen LogP contribution in [0.2, 0.25) is 5.02 Å². The molecule has 4 aromatic rings. The lowest BCUT2D eigenvalue weighted by molar-refractivity contribution is 0.0994. The fourth-order valence-electron chi connectivity index (χ4n) is 3.16. The van der Waals surface area contributed by atoms with Gasteiger partial charge in [0.1, 0.15) is 0 Å². The number of benzene rings is 2. The number of thiophene rings is 1. The molecule has 0 atom stereocenters. The van der Waals surface area contributed by atoms with Crippen molar-refractivity contribution in [3.05, 3.63) is 85.5 Å². The fourth-order valence-corrected chi connectivity index (χ4v) is 4.61. The molecular formula is C22H14BrClN2O2S. The van der Waals surface area contributed by atoms with Crippen LogP contribution in [0.25, 0.3) is 22.2 Å². The van der Waals surface area contributed by atoms with Crippen LogP contribution < -0.4 is 5.73 Å². The Labute approximate surface area is 184 Å². The number of carbonyl (C=O) groups excluding carboxylic acids is 2. The molecule has 2 aromatic heterocycles. The first-order chi connectivity index (χ1) is 13.9. The van der Waals surface area contributed by atoms with Crippen LogP contribution in [0.15, 0.2) is 64.5 Å². The van der Waals surface area contributed by atoms with E-state index < -0.39 is 5.91 Å². The van der Waals surface area contributed by atoms with E-state index in [2.05, 4.69) is 15.9 Å². The summed E-state index contributed by atoms with van der Waals surface area (Å²) in [7, 11) is 0. The minimum atomic E-state index is -0.536. The Balaban J connectivity index is 1.85. The molecule has 144 valence electrons. The second kappa shape index (κ2) is 8.06. The first kappa shape index (κ1) is 19.8. The first-order valence-electron chi connectivity index (χ1n) is 8.68. The minimum Gasteiger partial charge on any atom is -0.366 e. The minimum absolute atomic E-state index is 0.0828. The van der Waals surface area contributed by atoms with Gasteiger partial charge in [0, 0.05) is 37.3 Å². The van der Waals surface area contributed by atoms with Crippen LogP contribution in [0.3, 0.4) is 0 Å². The number of Topliss-reactive ketones (excluding diaryl/α,β-unsaturated/α-hetero) is 1. The third kappa shape index (κ3) is 4.10. The predicted molar refractivity (Wildman–Crippen MR) is 121 cm³/mol. The molecular weight excluding hydrogens is 472 g/mol. The lowest BCUT2D eigenvalue weighted by atomic mass is 9.98. The monoisotopic (exact) mass is 484 g/mol. The molecule has 0 fully saturated rings. The highest BCUT2D eigenvalue weighted by molar-refractivity contribution is 9.10. The molecule has 7 heteroatoms. The van der Waals surface area contributed by atoms with Gasteiger partial charge in [0.15, 0.2) is 5.78 Å². The number of amides is 1. The summed E-state index contributed by atoms with van der Waals surface area (Å²) >= 11 is 11.0. The molecule has 0 saturated carbocycles. The average Bonchev–Trinajstić information content (AvgIpc) is 3.15. The highest BCUT2D eigenvalue weighted by atomic mass is 79.9. The van der Waals surface area contributed by atoms with Gasteiger partial charge >= 0.3 is 0 Å². The van der Waals surface area contributed by atoms with Crippen LogP contribution in [0, 0.1) is 0 Å². The topological polar surface area (TPSA) is 73.1 Å². The molecule has 0 bridgehead atoms. The Bertz CT molecular complexity index is 1270. The summed E-state index contributed by atoms with van der Waals surface area (Å²) in [6, 6.07) is 16.4. The zero-order valence-electron chi connectivity index (χ0n) is 15.0. The Morgan fingerprint density at radius 2 is 1.90 bits per heavy atom. The summed E-state index contributed by atoms with van der Waals surface area (Å²) in [6.45, 7) is 0. The molecule has 2 heterocycles. The summed E-state index contributed by atoms with van der Waals surface area (Å²) in [4.78, 5) is 30.2. The van der Waals surface area contributed by atoms with E-state index in [-0.39, 0.29) is 12.2 Å². The Kier molecular flexibility index (Phi) is 5.50. The number of nitrogens with two attached hydrogens (primary N) is 1. The zero-order chi connectivity index (χ0) is 20.5. The molecule has 2 aromatic carbocycles. The van der Waals surface area contributed by atoms with Crippen molar-refractivity contribution in [3.8, 4) is 11.3 Å². The average molecular weight is 486 g/mol. The molecule has 0 aliphatic heterocycles. The maximum Gasteiger partial charge on any atom is 0.249 e. The second-order valence-electron chi connectivity index (χ2n) is 6.45. The van der Waals surface area contributed by atoms with Gasteiger partial charge in [-0.3, -0.25) is 9.59 Å². The maximum absolute atomic E-state index is 13.2. The molecule has 4 rings (SSSR count). The van der Waals surface area contributed by atoms with Crippen molar-refractivity contribution in [2.75, 3.05) is 0 Å². The van der Waals surface area contributed by atoms with Gasteiger partial charge in [0.2, 0.25) is 5.91 Å². The van der Waals surface area contributed by atoms with Gasteiger partial charge in [-0.1, -0.05) is 39.7 Å². The van der Waals surface area contributed by atoms with Crippen LogP contribution in [-0.2, 0) is 6.42 Å². The second-order valence-corrected chi connectivity index (χ2v) is 8.80. The summed E-state index contributed by atoms with van der Waals surface area (Å²) in [5, 5.41) is 2.97. The molecule has 0 saturated heterocycles. The van der Waals surface area contributed by atoms with Gasteiger partial charge in [-0.15, -0.1) is 11.3 Å². The summed E-state index contributed by atoms with van der Waals surface area (Å²) < 4.78 is 0.922. The number of primary amides is 1. The predicted octanol–water partition coefficient (Wildman–Crippen LogP) is 5.90. The zero-order valence-corrected chi connectivity index (χ0v) is 18.1. The van der Waals surface area contributed by atoms with Gasteiger partial charge in [0.05, 0.1) is 16.8 Å². The number of ketones is 1. The molecule has 0 spiro atoms. The van der Waals surface area contributed by atoms with E-state index in [0.29, 0.717) is 37.6 Å². The van der Waals surface area contributed by atoms with Crippen molar-refractivity contribution in [1.82, 2.24) is 4.98 Å². The summed E-state index contributed by atoms with van der Waals surface area (Å²) in [5.41, 5.74) is 8.57. The lowest BCUT2D eigenvalue weighted by Gasteiger charge is -2.10. The van der Waals surface area contributed by atoms with Crippen molar-refractivity contribution < 1.29 is 9.59 Å². The van der Waals surface area contributed by atoms with E-state index >= 15 is 0 Å². The highest BCUT2D eigenvalue weighted by Gasteiger charge is 2.18. The SMILES string of the molecule is NC(=O)c1ccsc1CC(=O)c1cc(-c2cccc(Br)c2)nc2ccc(Cl)cc12. The van der Waals surface area contributed by atoms with Crippen LogP contribution in [0.4, 0.5) is 0 Å². The number of pyridine rings is 1. The number of halogens is 2. The Morgan fingerprint density at radius 1 is 1.07 bits per heavy atom. The summed E-state index contributed by atoms with van der Waals surface area (Å²) in [6.07, 6.45) is 0.0828. The van der Waals surface area contributed by atoms with Crippen molar-refractivity contribution in [2.45, 2.75) is 6.42 Å². The van der Waals surface area contributed by atoms with E-state index in [1.807, 2.05) is 24.3 Å². The van der Waals surface area contributed by atoms with Crippen LogP contribution in [-0.4, -0.2) is 16.7 Å². The fraction of sp³-hybridized carbons (Fsp3) is 0.0455. The van der Waals surface area contributed by atoms with Crippen molar-refractivity contribution >= 4 is 61.5 Å². The van der Waals surface area contributed by atoms with Gasteiger partial charge in [-0.05, 0) is 47.8 Å². The highest BCUT2D eigenvalue weighted by Crippen LogP contribution is 2.30. The van der Waals surface area contributed by atoms with Crippen LogP contribution in [0.5, 0.6) is 0 Å². The number of nitrogens with zero attached hydrogens (tertiary/aromatic N) is 1. The van der Waals surface area contributed by atoms with Crippen molar-refractivity contribution in [3.63, 3.8) is 0 Å². The van der Waals surface area contributed by atoms with E-state index in [0.717, 1.165) is 10.0 Å². The van der Waals surface area contributed by atoms with E-state index in [1.165, 1.54) is 11.3 Å². The quantitative estimate of drug-likeness (QED) is 0.357. The molecule has 0 aliphatic rings. The van der Waals surface area contributed by atoms with Crippen molar-refractivity contribution in [2.24, 2.45) is 5.73 Å². The molecule has 0 radical (unpaired) electrons. The molecule has 29 heavy (non-hydrogen) atoms. The molecule has 0 aliphatic carbocycles. The van der Waals surface area contributed by atoms with Crippen molar-refractivity contribution in [1.29, 1.82) is 0 Å². The lowest BCUT2D eigenvalue weighted by Crippen LogP contribution is -2.14. The smallest absolute Gasteiger partial charge is 0.249 e. The number of fused-ring (bicyclic) bond motifs is 1. The number of aromatic nitrogens is 1. The number of rotatable bonds is 5. The molecule has 4 nitrogen and oxygen atoms in total. The van der Waals surface area contributed by atoms with E-state index in [4.69, 9.17) is 22.3 Å². The molecule has 0 unspecified atom stereocenters. The van der Waals surface area contributed by atoms with Gasteiger partial charge < -0.3 is 5.73 Å². The van der Waals surface area contributed by atoms with Crippen LogP contribution in [0.1, 0.15) is 25.6 Å². The molecule has 1 amide bonds. The molecule has 2 N–H and O–H groups in total. The van der Waals surface area contributed by atoms with Crippen LogP contribution >= 0.6 is 38.9 Å². The standard InChI is InChI=1S/C22H14BrClN2O2S/c23-13-3-1-2-12(8-13)19-10-17(16-9-14(24)4-5-18(16)26-19)20(27)11-21-15(22(25)28)6-7-29-21/h1-10H,11H2,(H2,25,28). The maximum atomic E-state index is 13.2. The third-order valence-electron chi connectivity index (χ3n) is 4.52.